The molecule has 0 radical (unpaired) electrons. The van der Waals surface area contributed by atoms with E-state index in [4.69, 9.17) is 21.1 Å². The smallest absolute Gasteiger partial charge is 0.163 e. The third-order valence-corrected chi connectivity index (χ3v) is 3.84. The molecule has 0 spiro atoms. The molecular formula is C16H13ClN2O2. The van der Waals surface area contributed by atoms with Gasteiger partial charge in [0.15, 0.2) is 11.5 Å². The van der Waals surface area contributed by atoms with Crippen molar-refractivity contribution in [3.8, 4) is 22.9 Å². The minimum absolute atomic E-state index is 0.569. The Balaban J connectivity index is 1.86. The lowest BCUT2D eigenvalue weighted by Gasteiger charge is -2.17. The molecule has 5 heteroatoms. The highest BCUT2D eigenvalue weighted by Crippen LogP contribution is 2.35. The molecule has 21 heavy (non-hydrogen) atoms. The van der Waals surface area contributed by atoms with Crippen LogP contribution in [0.15, 0.2) is 30.3 Å². The molecule has 4 nitrogen and oxygen atoms in total. The van der Waals surface area contributed by atoms with Gasteiger partial charge in [-0.05, 0) is 24.6 Å². The van der Waals surface area contributed by atoms with Gasteiger partial charge in [0, 0.05) is 17.7 Å². The van der Waals surface area contributed by atoms with Crippen molar-refractivity contribution in [3.63, 3.8) is 0 Å². The second-order valence-corrected chi connectivity index (χ2v) is 5.49. The summed E-state index contributed by atoms with van der Waals surface area (Å²) < 4.78 is 11.2. The van der Waals surface area contributed by atoms with Crippen LogP contribution in [0.1, 0.15) is 5.56 Å². The van der Waals surface area contributed by atoms with E-state index in [2.05, 4.69) is 9.97 Å². The molecule has 1 aliphatic heterocycles. The zero-order valence-electron chi connectivity index (χ0n) is 11.4. The summed E-state index contributed by atoms with van der Waals surface area (Å²) in [5, 5.41) is 0.686. The van der Waals surface area contributed by atoms with Crippen LogP contribution in [-0.4, -0.2) is 23.2 Å². The van der Waals surface area contributed by atoms with E-state index < -0.39 is 0 Å². The molecular weight excluding hydrogens is 288 g/mol. The quantitative estimate of drug-likeness (QED) is 0.740. The summed E-state index contributed by atoms with van der Waals surface area (Å²) in [4.78, 5) is 7.90. The molecule has 4 rings (SSSR count). The molecule has 0 bridgehead atoms. The normalized spacial score (nSPS) is 13.6. The van der Waals surface area contributed by atoms with E-state index in [0.29, 0.717) is 18.2 Å². The number of halogens is 1. The largest absolute Gasteiger partial charge is 0.486 e. The molecule has 0 unspecified atom stereocenters. The summed E-state index contributed by atoms with van der Waals surface area (Å²) in [6.07, 6.45) is 0. The number of ether oxygens (including phenoxy) is 2. The Hall–Kier alpha value is -2.20. The average molecular weight is 301 g/mol. The number of aromatic nitrogens is 2. The van der Waals surface area contributed by atoms with Crippen molar-refractivity contribution < 1.29 is 9.47 Å². The third-order valence-electron chi connectivity index (χ3n) is 3.53. The van der Waals surface area contributed by atoms with Crippen LogP contribution in [0.5, 0.6) is 11.5 Å². The minimum atomic E-state index is 0.569. The first-order valence-corrected chi connectivity index (χ1v) is 7.14. The van der Waals surface area contributed by atoms with Crippen molar-refractivity contribution in [2.75, 3.05) is 13.2 Å². The molecule has 1 N–H and O–H groups in total. The van der Waals surface area contributed by atoms with Gasteiger partial charge in [-0.25, -0.2) is 4.98 Å². The summed E-state index contributed by atoms with van der Waals surface area (Å²) in [5.41, 5.74) is 3.76. The van der Waals surface area contributed by atoms with Crippen LogP contribution in [0.3, 0.4) is 0 Å². The summed E-state index contributed by atoms with van der Waals surface area (Å²) in [7, 11) is 0. The maximum Gasteiger partial charge on any atom is 0.163 e. The van der Waals surface area contributed by atoms with Crippen LogP contribution in [0.25, 0.3) is 22.4 Å². The Morgan fingerprint density at radius 3 is 2.62 bits per heavy atom. The van der Waals surface area contributed by atoms with Crippen molar-refractivity contribution in [2.45, 2.75) is 6.92 Å². The van der Waals surface area contributed by atoms with Crippen molar-refractivity contribution in [2.24, 2.45) is 0 Å². The van der Waals surface area contributed by atoms with Gasteiger partial charge in [0.05, 0.1) is 16.1 Å². The van der Waals surface area contributed by atoms with Gasteiger partial charge in [-0.3, -0.25) is 0 Å². The zero-order chi connectivity index (χ0) is 14.4. The van der Waals surface area contributed by atoms with Crippen LogP contribution in [-0.2, 0) is 0 Å². The molecule has 0 amide bonds. The number of rotatable bonds is 1. The maximum absolute atomic E-state index is 6.31. The van der Waals surface area contributed by atoms with Gasteiger partial charge in [-0.15, -0.1) is 0 Å². The van der Waals surface area contributed by atoms with Crippen molar-refractivity contribution in [1.29, 1.82) is 0 Å². The average Bonchev–Trinajstić information content (AvgIpc) is 2.87. The van der Waals surface area contributed by atoms with Crippen LogP contribution < -0.4 is 9.47 Å². The maximum atomic E-state index is 6.31. The molecule has 1 aliphatic rings. The fourth-order valence-corrected chi connectivity index (χ4v) is 2.81. The monoisotopic (exact) mass is 300 g/mol. The van der Waals surface area contributed by atoms with Crippen LogP contribution in [0, 0.1) is 6.92 Å². The number of imidazole rings is 1. The second kappa shape index (κ2) is 4.67. The standard InChI is InChI=1S/C16H13ClN2O2/c1-9-2-3-10(11(17)6-9)16-18-12-7-14-15(8-13(12)19-16)21-5-4-20-14/h2-3,6-8H,4-5H2,1H3,(H,18,19). The van der Waals surface area contributed by atoms with Gasteiger partial charge in [-0.1, -0.05) is 17.7 Å². The van der Waals surface area contributed by atoms with Gasteiger partial charge in [0.2, 0.25) is 0 Å². The molecule has 0 fully saturated rings. The Morgan fingerprint density at radius 1 is 1.10 bits per heavy atom. The Morgan fingerprint density at radius 2 is 1.86 bits per heavy atom. The van der Waals surface area contributed by atoms with Crippen LogP contribution in [0.2, 0.25) is 5.02 Å². The Labute approximate surface area is 126 Å². The van der Waals surface area contributed by atoms with E-state index in [0.717, 1.165) is 39.5 Å². The molecule has 1 aromatic heterocycles. The van der Waals surface area contributed by atoms with E-state index in [1.807, 2.05) is 37.3 Å². The highest BCUT2D eigenvalue weighted by molar-refractivity contribution is 6.33. The van der Waals surface area contributed by atoms with E-state index in [9.17, 15) is 0 Å². The molecule has 3 aromatic rings. The van der Waals surface area contributed by atoms with Crippen molar-refractivity contribution in [1.82, 2.24) is 9.97 Å². The fraction of sp³-hybridized carbons (Fsp3) is 0.188. The number of nitrogens with zero attached hydrogens (tertiary/aromatic N) is 1. The predicted octanol–water partition coefficient (Wildman–Crippen LogP) is 3.96. The van der Waals surface area contributed by atoms with E-state index in [1.54, 1.807) is 0 Å². The van der Waals surface area contributed by atoms with Gasteiger partial charge >= 0.3 is 0 Å². The third kappa shape index (κ3) is 2.12. The van der Waals surface area contributed by atoms with E-state index in [1.165, 1.54) is 0 Å². The van der Waals surface area contributed by atoms with Gasteiger partial charge < -0.3 is 14.5 Å². The van der Waals surface area contributed by atoms with E-state index in [-0.39, 0.29) is 0 Å². The lowest BCUT2D eigenvalue weighted by Crippen LogP contribution is -2.15. The van der Waals surface area contributed by atoms with Crippen molar-refractivity contribution >= 4 is 22.6 Å². The van der Waals surface area contributed by atoms with E-state index >= 15 is 0 Å². The lowest BCUT2D eigenvalue weighted by molar-refractivity contribution is 0.172. The number of hydrogen-bond acceptors (Lipinski definition) is 3. The summed E-state index contributed by atoms with van der Waals surface area (Å²) in [6, 6.07) is 9.74. The molecule has 106 valence electrons. The highest BCUT2D eigenvalue weighted by Gasteiger charge is 2.16. The molecule has 0 saturated heterocycles. The first-order valence-electron chi connectivity index (χ1n) is 6.76. The Kier molecular flexibility index (Phi) is 2.79. The number of aryl methyl sites for hydroxylation is 1. The minimum Gasteiger partial charge on any atom is -0.486 e. The van der Waals surface area contributed by atoms with Gasteiger partial charge in [-0.2, -0.15) is 0 Å². The molecule has 0 saturated carbocycles. The predicted molar refractivity (Wildman–Crippen MR) is 82.3 cm³/mol. The van der Waals surface area contributed by atoms with Crippen molar-refractivity contribution in [3.05, 3.63) is 40.9 Å². The number of fused-ring (bicyclic) bond motifs is 2. The zero-order valence-corrected chi connectivity index (χ0v) is 12.2. The number of aromatic amines is 1. The summed E-state index contributed by atoms with van der Waals surface area (Å²) >= 11 is 6.31. The molecule has 2 aromatic carbocycles. The first-order chi connectivity index (χ1) is 10.2. The number of nitrogens with one attached hydrogen (secondary N) is 1. The summed E-state index contributed by atoms with van der Waals surface area (Å²) in [6.45, 7) is 3.15. The molecule has 0 atom stereocenters. The van der Waals surface area contributed by atoms with Gasteiger partial charge in [0.1, 0.15) is 19.0 Å². The Bertz CT molecular complexity index is 799. The molecule has 2 heterocycles. The fourth-order valence-electron chi connectivity index (χ4n) is 2.49. The van der Waals surface area contributed by atoms with Gasteiger partial charge in [0.25, 0.3) is 0 Å². The lowest BCUT2D eigenvalue weighted by atomic mass is 10.1. The summed E-state index contributed by atoms with van der Waals surface area (Å²) in [5.74, 6) is 2.23. The van der Waals surface area contributed by atoms with Crippen LogP contribution in [0.4, 0.5) is 0 Å². The first kappa shape index (κ1) is 12.5. The second-order valence-electron chi connectivity index (χ2n) is 5.08. The topological polar surface area (TPSA) is 47.1 Å². The molecule has 0 aliphatic carbocycles. The SMILES string of the molecule is Cc1ccc(-c2nc3cc4c(cc3[nH]2)OCCO4)c(Cl)c1. The highest BCUT2D eigenvalue weighted by atomic mass is 35.5. The van der Waals surface area contributed by atoms with Crippen LogP contribution >= 0.6 is 11.6 Å². The number of hydrogen-bond donors (Lipinski definition) is 1. The number of H-pyrrole nitrogens is 1. The number of benzene rings is 2.